The number of para-hydroxylation sites is 1. The molecule has 1 heterocycles. The molecule has 3 aromatic carbocycles. The van der Waals surface area contributed by atoms with Gasteiger partial charge in [-0.25, -0.2) is 4.68 Å². The van der Waals surface area contributed by atoms with Crippen LogP contribution in [0.25, 0.3) is 10.8 Å². The van der Waals surface area contributed by atoms with E-state index in [1.54, 1.807) is 36.4 Å². The standard InChI is InChI=1S/C25H19F3N4O4/c26-25(27,28)16-30(15-18-10-4-7-13-21(18)32(35)36)24(34)22-19-11-5-6-12-20(19)23(33)31(29-22)14-17-8-2-1-3-9-17/h1-13H,14-16H2. The van der Waals surface area contributed by atoms with Crippen LogP contribution in [0.15, 0.2) is 83.7 Å². The van der Waals surface area contributed by atoms with Crippen LogP contribution in [0.5, 0.6) is 0 Å². The smallest absolute Gasteiger partial charge is 0.324 e. The minimum Gasteiger partial charge on any atom is -0.324 e. The maximum Gasteiger partial charge on any atom is 0.406 e. The molecule has 0 aliphatic heterocycles. The predicted molar refractivity (Wildman–Crippen MR) is 125 cm³/mol. The summed E-state index contributed by atoms with van der Waals surface area (Å²) in [6.45, 7) is -2.34. The van der Waals surface area contributed by atoms with E-state index in [0.717, 1.165) is 10.7 Å². The van der Waals surface area contributed by atoms with Gasteiger partial charge in [-0.3, -0.25) is 19.7 Å². The van der Waals surface area contributed by atoms with Crippen molar-refractivity contribution in [3.63, 3.8) is 0 Å². The van der Waals surface area contributed by atoms with Crippen molar-refractivity contribution in [2.75, 3.05) is 6.54 Å². The first-order valence-electron chi connectivity index (χ1n) is 10.8. The lowest BCUT2D eigenvalue weighted by Crippen LogP contribution is -2.40. The number of benzene rings is 3. The van der Waals surface area contributed by atoms with Gasteiger partial charge in [0, 0.05) is 17.0 Å². The highest BCUT2D eigenvalue weighted by Gasteiger charge is 2.35. The fourth-order valence-corrected chi connectivity index (χ4v) is 3.85. The van der Waals surface area contributed by atoms with Crippen molar-refractivity contribution in [1.82, 2.24) is 14.7 Å². The van der Waals surface area contributed by atoms with Gasteiger partial charge in [-0.1, -0.05) is 66.7 Å². The monoisotopic (exact) mass is 496 g/mol. The molecule has 8 nitrogen and oxygen atoms in total. The average Bonchev–Trinajstić information content (AvgIpc) is 2.85. The van der Waals surface area contributed by atoms with E-state index in [1.807, 2.05) is 0 Å². The van der Waals surface area contributed by atoms with Gasteiger partial charge in [-0.15, -0.1) is 0 Å². The molecule has 4 rings (SSSR count). The van der Waals surface area contributed by atoms with Crippen molar-refractivity contribution in [2.24, 2.45) is 0 Å². The van der Waals surface area contributed by atoms with Crippen molar-refractivity contribution in [1.29, 1.82) is 0 Å². The number of carbonyl (C=O) groups is 1. The van der Waals surface area contributed by atoms with Gasteiger partial charge in [0.25, 0.3) is 17.2 Å². The number of aromatic nitrogens is 2. The van der Waals surface area contributed by atoms with Crippen LogP contribution in [0.1, 0.15) is 21.6 Å². The third-order valence-corrected chi connectivity index (χ3v) is 5.45. The van der Waals surface area contributed by atoms with Crippen LogP contribution in [0, 0.1) is 10.1 Å². The van der Waals surface area contributed by atoms with E-state index < -0.39 is 41.3 Å². The Morgan fingerprint density at radius 2 is 1.56 bits per heavy atom. The molecule has 0 aliphatic rings. The lowest BCUT2D eigenvalue weighted by Gasteiger charge is -2.24. The Bertz CT molecular complexity index is 1490. The number of rotatable bonds is 7. The van der Waals surface area contributed by atoms with Gasteiger partial charge in [-0.05, 0) is 11.6 Å². The molecule has 1 aromatic heterocycles. The van der Waals surface area contributed by atoms with E-state index in [9.17, 15) is 32.9 Å². The highest BCUT2D eigenvalue weighted by molar-refractivity contribution is 6.04. The molecular formula is C25H19F3N4O4. The number of hydrogen-bond donors (Lipinski definition) is 0. The van der Waals surface area contributed by atoms with Crippen LogP contribution in [0.2, 0.25) is 0 Å². The summed E-state index contributed by atoms with van der Waals surface area (Å²) in [5, 5.41) is 15.8. The molecule has 0 unspecified atom stereocenters. The third-order valence-electron chi connectivity index (χ3n) is 5.45. The number of amides is 1. The Balaban J connectivity index is 1.83. The molecule has 0 atom stereocenters. The lowest BCUT2D eigenvalue weighted by molar-refractivity contribution is -0.385. The van der Waals surface area contributed by atoms with Gasteiger partial charge < -0.3 is 4.90 Å². The molecular weight excluding hydrogens is 477 g/mol. The maximum absolute atomic E-state index is 13.5. The zero-order valence-electron chi connectivity index (χ0n) is 18.7. The first-order valence-corrected chi connectivity index (χ1v) is 10.8. The highest BCUT2D eigenvalue weighted by atomic mass is 19.4. The van der Waals surface area contributed by atoms with Crippen molar-refractivity contribution in [2.45, 2.75) is 19.3 Å². The van der Waals surface area contributed by atoms with E-state index in [0.29, 0.717) is 10.5 Å². The molecule has 1 amide bonds. The Morgan fingerprint density at radius 3 is 2.22 bits per heavy atom. The zero-order chi connectivity index (χ0) is 25.9. The maximum atomic E-state index is 13.5. The van der Waals surface area contributed by atoms with Gasteiger partial charge in [0.05, 0.1) is 23.4 Å². The fourth-order valence-electron chi connectivity index (χ4n) is 3.85. The Kier molecular flexibility index (Phi) is 6.82. The number of nitro groups is 1. The van der Waals surface area contributed by atoms with E-state index in [-0.39, 0.29) is 28.6 Å². The predicted octanol–water partition coefficient (Wildman–Crippen LogP) is 4.56. The number of fused-ring (bicyclic) bond motifs is 1. The van der Waals surface area contributed by atoms with Crippen LogP contribution in [-0.2, 0) is 13.1 Å². The lowest BCUT2D eigenvalue weighted by atomic mass is 10.1. The zero-order valence-corrected chi connectivity index (χ0v) is 18.7. The average molecular weight is 496 g/mol. The third kappa shape index (κ3) is 5.40. The van der Waals surface area contributed by atoms with E-state index in [1.165, 1.54) is 36.4 Å². The summed E-state index contributed by atoms with van der Waals surface area (Å²) in [5.41, 5.74) is -0.643. The Hall–Kier alpha value is -4.54. The first-order chi connectivity index (χ1) is 17.1. The summed E-state index contributed by atoms with van der Waals surface area (Å²) in [6.07, 6.45) is -4.78. The van der Waals surface area contributed by atoms with Crippen LogP contribution < -0.4 is 5.56 Å². The van der Waals surface area contributed by atoms with Crippen molar-refractivity contribution in [3.8, 4) is 0 Å². The Morgan fingerprint density at radius 1 is 0.944 bits per heavy atom. The number of nitrogens with zero attached hydrogens (tertiary/aromatic N) is 4. The number of halogens is 3. The van der Waals surface area contributed by atoms with Gasteiger partial charge >= 0.3 is 6.18 Å². The Labute approximate surface area is 202 Å². The fraction of sp³-hybridized carbons (Fsp3) is 0.160. The molecule has 0 saturated carbocycles. The minimum absolute atomic E-state index is 0.00574. The molecule has 0 radical (unpaired) electrons. The van der Waals surface area contributed by atoms with Crippen molar-refractivity contribution in [3.05, 3.63) is 116 Å². The summed E-state index contributed by atoms with van der Waals surface area (Å²) in [6, 6.07) is 20.1. The van der Waals surface area contributed by atoms with E-state index in [4.69, 9.17) is 0 Å². The molecule has 11 heteroatoms. The van der Waals surface area contributed by atoms with E-state index >= 15 is 0 Å². The van der Waals surface area contributed by atoms with Crippen LogP contribution in [-0.4, -0.2) is 38.2 Å². The largest absolute Gasteiger partial charge is 0.406 e. The number of carbonyl (C=O) groups excluding carboxylic acids is 1. The molecule has 0 spiro atoms. The molecule has 0 bridgehead atoms. The first kappa shape index (κ1) is 24.6. The summed E-state index contributed by atoms with van der Waals surface area (Å²) < 4.78 is 41.5. The molecule has 184 valence electrons. The second-order valence-electron chi connectivity index (χ2n) is 8.00. The molecule has 0 saturated heterocycles. The summed E-state index contributed by atoms with van der Waals surface area (Å²) in [5.74, 6) is -1.11. The normalized spacial score (nSPS) is 11.4. The molecule has 36 heavy (non-hydrogen) atoms. The minimum atomic E-state index is -4.78. The number of hydrogen-bond acceptors (Lipinski definition) is 5. The van der Waals surface area contributed by atoms with Crippen molar-refractivity contribution < 1.29 is 22.9 Å². The van der Waals surface area contributed by atoms with Crippen LogP contribution in [0.3, 0.4) is 0 Å². The quantitative estimate of drug-likeness (QED) is 0.276. The summed E-state index contributed by atoms with van der Waals surface area (Å²) in [7, 11) is 0. The molecule has 4 aromatic rings. The number of alkyl halides is 3. The van der Waals surface area contributed by atoms with E-state index in [2.05, 4.69) is 5.10 Å². The SMILES string of the molecule is O=C(c1nn(Cc2ccccc2)c(=O)c2ccccc12)N(Cc1ccccc1[N+](=O)[O-])CC(F)(F)F. The van der Waals surface area contributed by atoms with Crippen molar-refractivity contribution >= 4 is 22.4 Å². The molecule has 0 aliphatic carbocycles. The summed E-state index contributed by atoms with van der Waals surface area (Å²) in [4.78, 5) is 37.7. The van der Waals surface area contributed by atoms with Gasteiger partial charge in [-0.2, -0.15) is 18.3 Å². The molecule has 0 fully saturated rings. The molecule has 0 N–H and O–H groups in total. The van der Waals surface area contributed by atoms with Crippen LogP contribution >= 0.6 is 0 Å². The van der Waals surface area contributed by atoms with Gasteiger partial charge in [0.1, 0.15) is 6.54 Å². The van der Waals surface area contributed by atoms with Crippen LogP contribution in [0.4, 0.5) is 18.9 Å². The summed E-state index contributed by atoms with van der Waals surface area (Å²) >= 11 is 0. The second kappa shape index (κ2) is 9.98. The topological polar surface area (TPSA) is 98.3 Å². The second-order valence-corrected chi connectivity index (χ2v) is 8.00. The number of nitro benzene ring substituents is 1. The van der Waals surface area contributed by atoms with Gasteiger partial charge in [0.15, 0.2) is 5.69 Å². The van der Waals surface area contributed by atoms with Gasteiger partial charge in [0.2, 0.25) is 0 Å². The highest BCUT2D eigenvalue weighted by Crippen LogP contribution is 2.25.